The summed E-state index contributed by atoms with van der Waals surface area (Å²) in [6.07, 6.45) is -3.13. The van der Waals surface area contributed by atoms with E-state index < -0.39 is 23.8 Å². The fourth-order valence-electron chi connectivity index (χ4n) is 4.28. The van der Waals surface area contributed by atoms with E-state index in [1.165, 1.54) is 26.0 Å². The summed E-state index contributed by atoms with van der Waals surface area (Å²) in [5, 5.41) is 2.60. The number of nitrogens with one attached hydrogen (secondary N) is 2. The maximum absolute atomic E-state index is 14.7. The number of aryl methyl sites for hydroxylation is 2. The van der Waals surface area contributed by atoms with Gasteiger partial charge in [0.2, 0.25) is 5.54 Å². The van der Waals surface area contributed by atoms with E-state index in [1.54, 1.807) is 19.9 Å². The minimum absolute atomic E-state index is 0.0472. The van der Waals surface area contributed by atoms with Crippen molar-refractivity contribution in [3.05, 3.63) is 56.8 Å². The number of nitrogens with zero attached hydrogens (tertiary/aromatic N) is 2. The van der Waals surface area contributed by atoms with Gasteiger partial charge in [0.15, 0.2) is 0 Å². The number of rotatable bonds is 3. The van der Waals surface area contributed by atoms with Crippen LogP contribution in [0.15, 0.2) is 23.0 Å². The molecule has 2 N–H and O–H groups in total. The number of anilines is 1. The highest BCUT2D eigenvalue weighted by molar-refractivity contribution is 5.95. The molecule has 0 spiro atoms. The zero-order valence-electron chi connectivity index (χ0n) is 18.9. The summed E-state index contributed by atoms with van der Waals surface area (Å²) in [5.74, 6) is 5.63. The van der Waals surface area contributed by atoms with Crippen molar-refractivity contribution in [3.8, 4) is 11.8 Å². The number of alkyl halides is 3. The van der Waals surface area contributed by atoms with Crippen molar-refractivity contribution in [2.75, 3.05) is 5.32 Å². The average Bonchev–Trinajstić information content (AvgIpc) is 3.51. The number of urea groups is 1. The molecule has 6 nitrogen and oxygen atoms in total. The Morgan fingerprint density at radius 2 is 1.94 bits per heavy atom. The fraction of sp³-hybridized carbons (Fsp3) is 0.458. The summed E-state index contributed by atoms with van der Waals surface area (Å²) in [4.78, 5) is 33.0. The predicted octanol–water partition coefficient (Wildman–Crippen LogP) is 4.40. The summed E-state index contributed by atoms with van der Waals surface area (Å²) in [7, 11) is 0. The fourth-order valence-corrected chi connectivity index (χ4v) is 4.28. The highest BCUT2D eigenvalue weighted by atomic mass is 19.4. The number of halogens is 3. The molecule has 4 rings (SSSR count). The molecule has 1 aliphatic heterocycles. The van der Waals surface area contributed by atoms with Crippen LogP contribution in [-0.4, -0.2) is 33.1 Å². The van der Waals surface area contributed by atoms with Gasteiger partial charge in [0.25, 0.3) is 5.56 Å². The molecule has 0 unspecified atom stereocenters. The normalized spacial score (nSPS) is 20.2. The molecular weight excluding hydrogens is 433 g/mol. The highest BCUT2D eigenvalue weighted by Crippen LogP contribution is 2.50. The number of aromatic nitrogens is 2. The summed E-state index contributed by atoms with van der Waals surface area (Å²) in [6, 6.07) is 2.80. The zero-order valence-corrected chi connectivity index (χ0v) is 18.9. The molecule has 2 aromatic rings. The van der Waals surface area contributed by atoms with E-state index in [2.05, 4.69) is 27.1 Å². The van der Waals surface area contributed by atoms with Crippen molar-refractivity contribution in [1.29, 1.82) is 0 Å². The molecule has 1 fully saturated rings. The second-order valence-electron chi connectivity index (χ2n) is 8.92. The number of benzene rings is 1. The van der Waals surface area contributed by atoms with Crippen molar-refractivity contribution >= 4 is 11.7 Å². The number of carbonyl (C=O) groups excluding carboxylic acids is 1. The number of hydrogen-bond acceptors (Lipinski definition) is 3. The van der Waals surface area contributed by atoms with Crippen LogP contribution >= 0.6 is 0 Å². The van der Waals surface area contributed by atoms with Crippen LogP contribution < -0.4 is 10.9 Å². The van der Waals surface area contributed by atoms with Gasteiger partial charge in [-0.1, -0.05) is 24.0 Å². The van der Waals surface area contributed by atoms with Crippen LogP contribution in [0.3, 0.4) is 0 Å². The topological polar surface area (TPSA) is 78.1 Å². The number of amides is 2. The Hall–Kier alpha value is -3.28. The monoisotopic (exact) mass is 458 g/mol. The van der Waals surface area contributed by atoms with Crippen LogP contribution in [-0.2, 0) is 12.0 Å². The van der Waals surface area contributed by atoms with E-state index in [-0.39, 0.29) is 29.1 Å². The van der Waals surface area contributed by atoms with E-state index >= 15 is 0 Å². The minimum Gasteiger partial charge on any atom is -0.311 e. The quantitative estimate of drug-likeness (QED) is 0.669. The van der Waals surface area contributed by atoms with Crippen molar-refractivity contribution in [3.63, 3.8) is 0 Å². The molecule has 2 heterocycles. The first kappa shape index (κ1) is 22.9. The lowest BCUT2D eigenvalue weighted by Crippen LogP contribution is -2.63. The second-order valence-corrected chi connectivity index (χ2v) is 8.92. The minimum atomic E-state index is -4.82. The van der Waals surface area contributed by atoms with Crippen molar-refractivity contribution in [2.24, 2.45) is 5.92 Å². The Morgan fingerprint density at radius 1 is 1.24 bits per heavy atom. The standard InChI is InChI=1S/C24H25F3N4O2/c1-13(2)31-22(33)30-20-12-17(11-18-14(3)28-15(4)29-21(18)32)7-8-19(20)23(31,24(25,26)27)10-9-16-5-6-16/h7-8,12-13,16H,5-6,11H2,1-4H3,(H,30,33)(H,28,29,32)/t23-/m0/s1. The van der Waals surface area contributed by atoms with Crippen LogP contribution in [0.5, 0.6) is 0 Å². The first-order valence-corrected chi connectivity index (χ1v) is 10.8. The molecule has 1 saturated carbocycles. The Labute approximate surface area is 189 Å². The van der Waals surface area contributed by atoms with E-state index in [0.29, 0.717) is 22.6 Å². The third-order valence-corrected chi connectivity index (χ3v) is 5.98. The van der Waals surface area contributed by atoms with Crippen molar-refractivity contribution < 1.29 is 18.0 Å². The third-order valence-electron chi connectivity index (χ3n) is 5.98. The molecule has 2 aliphatic rings. The number of carbonyl (C=O) groups is 1. The molecule has 1 aromatic heterocycles. The lowest BCUT2D eigenvalue weighted by molar-refractivity contribution is -0.211. The number of H-pyrrole nitrogens is 1. The molecule has 1 aromatic carbocycles. The van der Waals surface area contributed by atoms with E-state index in [1.807, 2.05) is 0 Å². The van der Waals surface area contributed by atoms with Gasteiger partial charge < -0.3 is 10.3 Å². The molecule has 0 saturated heterocycles. The van der Waals surface area contributed by atoms with Gasteiger partial charge in [0.1, 0.15) is 5.82 Å². The zero-order chi connectivity index (χ0) is 24.1. The lowest BCUT2D eigenvalue weighted by Gasteiger charge is -2.47. The van der Waals surface area contributed by atoms with Crippen LogP contribution in [0.1, 0.15) is 54.9 Å². The number of fused-ring (bicyclic) bond motifs is 1. The first-order valence-electron chi connectivity index (χ1n) is 10.8. The molecule has 174 valence electrons. The van der Waals surface area contributed by atoms with Crippen LogP contribution in [0.2, 0.25) is 0 Å². The molecular formula is C24H25F3N4O2. The van der Waals surface area contributed by atoms with Crippen molar-refractivity contribution in [1.82, 2.24) is 14.9 Å². The van der Waals surface area contributed by atoms with Gasteiger partial charge in [0, 0.05) is 40.9 Å². The molecule has 2 amide bonds. The predicted molar refractivity (Wildman–Crippen MR) is 118 cm³/mol. The molecule has 33 heavy (non-hydrogen) atoms. The largest absolute Gasteiger partial charge is 0.427 e. The maximum atomic E-state index is 14.7. The first-order chi connectivity index (χ1) is 15.4. The van der Waals surface area contributed by atoms with E-state index in [9.17, 15) is 22.8 Å². The number of hydrogen-bond donors (Lipinski definition) is 2. The molecule has 0 bridgehead atoms. The summed E-state index contributed by atoms with van der Waals surface area (Å²) >= 11 is 0. The summed E-state index contributed by atoms with van der Waals surface area (Å²) in [6.45, 7) is 6.46. The second kappa shape index (κ2) is 7.94. The lowest BCUT2D eigenvalue weighted by atomic mass is 9.82. The van der Waals surface area contributed by atoms with Crippen LogP contribution in [0.4, 0.5) is 23.7 Å². The van der Waals surface area contributed by atoms with E-state index in [0.717, 1.165) is 17.7 Å². The molecule has 1 aliphatic carbocycles. The highest BCUT2D eigenvalue weighted by Gasteiger charge is 2.64. The van der Waals surface area contributed by atoms with Crippen molar-refractivity contribution in [2.45, 2.75) is 64.7 Å². The van der Waals surface area contributed by atoms with Gasteiger partial charge in [-0.3, -0.25) is 9.69 Å². The van der Waals surface area contributed by atoms with Gasteiger partial charge >= 0.3 is 12.2 Å². The van der Waals surface area contributed by atoms with Gasteiger partial charge in [0.05, 0.1) is 0 Å². The smallest absolute Gasteiger partial charge is 0.311 e. The number of aromatic amines is 1. The SMILES string of the molecule is Cc1nc(C)c(Cc2ccc3c(c2)NC(=O)N(C(C)C)[C@]3(C#CC2CC2)C(F)(F)F)c(=O)[nH]1. The van der Waals surface area contributed by atoms with Gasteiger partial charge in [-0.25, -0.2) is 9.78 Å². The Bertz CT molecular complexity index is 1230. The Kier molecular flexibility index (Phi) is 5.51. The maximum Gasteiger partial charge on any atom is 0.427 e. The van der Waals surface area contributed by atoms with Crippen LogP contribution in [0, 0.1) is 31.6 Å². The molecule has 0 radical (unpaired) electrons. The van der Waals surface area contributed by atoms with Gasteiger partial charge in [-0.2, -0.15) is 13.2 Å². The Balaban J connectivity index is 1.86. The Morgan fingerprint density at radius 3 is 2.52 bits per heavy atom. The van der Waals surface area contributed by atoms with Gasteiger partial charge in [-0.05, 0) is 52.2 Å². The van der Waals surface area contributed by atoms with Gasteiger partial charge in [-0.15, -0.1) is 0 Å². The van der Waals surface area contributed by atoms with Crippen LogP contribution in [0.25, 0.3) is 0 Å². The van der Waals surface area contributed by atoms with E-state index in [4.69, 9.17) is 0 Å². The molecule has 9 heteroatoms. The average molecular weight is 458 g/mol. The third kappa shape index (κ3) is 3.99. The summed E-state index contributed by atoms with van der Waals surface area (Å²) in [5.41, 5.74) is -1.58. The molecule has 1 atom stereocenters. The summed E-state index contributed by atoms with van der Waals surface area (Å²) < 4.78 is 44.2.